The Labute approximate surface area is 244 Å². The summed E-state index contributed by atoms with van der Waals surface area (Å²) in [6.07, 6.45) is 3.90. The molecule has 2 fully saturated rings. The Morgan fingerprint density at radius 2 is 1.83 bits per heavy atom. The predicted octanol–water partition coefficient (Wildman–Crippen LogP) is 4.11. The van der Waals surface area contributed by atoms with Crippen LogP contribution < -0.4 is 16.5 Å². The molecule has 5 heterocycles. The van der Waals surface area contributed by atoms with Gasteiger partial charge in [0, 0.05) is 84.5 Å². The number of nitrogens with two attached hydrogens (primary N) is 2. The van der Waals surface area contributed by atoms with E-state index in [9.17, 15) is 4.21 Å². The number of nitrogens with zero attached hydrogens (tertiary/aromatic N) is 5. The molecule has 3 aromatic heterocycles. The van der Waals surface area contributed by atoms with Crippen LogP contribution in [0.15, 0.2) is 66.5 Å². The first kappa shape index (κ1) is 29.0. The molecule has 41 heavy (non-hydrogen) atoms. The number of ether oxygens (including phenoxy) is 1. The van der Waals surface area contributed by atoms with E-state index in [-0.39, 0.29) is 5.25 Å². The van der Waals surface area contributed by atoms with Crippen LogP contribution in [0.5, 0.6) is 0 Å². The van der Waals surface area contributed by atoms with E-state index >= 15 is 0 Å². The molecule has 0 bridgehead atoms. The third-order valence-electron chi connectivity index (χ3n) is 7.79. The minimum Gasteiger partial charge on any atom is -0.401 e. The zero-order valence-corrected chi connectivity index (χ0v) is 25.0. The topological polar surface area (TPSA) is 116 Å². The largest absolute Gasteiger partial charge is 0.401 e. The van der Waals surface area contributed by atoms with Crippen LogP contribution in [0.3, 0.4) is 0 Å². The molecule has 4 N–H and O–H groups in total. The van der Waals surface area contributed by atoms with Gasteiger partial charge < -0.3 is 24.9 Å². The van der Waals surface area contributed by atoms with Crippen molar-refractivity contribution in [1.29, 1.82) is 0 Å². The summed E-state index contributed by atoms with van der Waals surface area (Å²) in [5, 5.41) is 2.71. The average Bonchev–Trinajstić information content (AvgIpc) is 3.28. The van der Waals surface area contributed by atoms with E-state index in [1.807, 2.05) is 56.4 Å². The minimum atomic E-state index is -0.769. The van der Waals surface area contributed by atoms with Crippen molar-refractivity contribution in [1.82, 2.24) is 19.5 Å². The summed E-state index contributed by atoms with van der Waals surface area (Å²) in [7, 11) is 1.02. The number of anilines is 1. The van der Waals surface area contributed by atoms with Gasteiger partial charge in [0.25, 0.3) is 0 Å². The molecular weight excluding hydrogens is 534 g/mol. The number of rotatable bonds is 5. The molecule has 0 spiro atoms. The van der Waals surface area contributed by atoms with Gasteiger partial charge in [0.1, 0.15) is 11.5 Å². The smallest absolute Gasteiger partial charge is 0.145 e. The van der Waals surface area contributed by atoms with Gasteiger partial charge in [-0.05, 0) is 50.8 Å². The van der Waals surface area contributed by atoms with Crippen molar-refractivity contribution in [2.75, 3.05) is 44.0 Å². The molecule has 2 unspecified atom stereocenters. The highest BCUT2D eigenvalue weighted by Gasteiger charge is 2.25. The van der Waals surface area contributed by atoms with Crippen LogP contribution in [0.4, 0.5) is 5.82 Å². The average molecular weight is 576 g/mol. The third kappa shape index (κ3) is 6.55. The summed E-state index contributed by atoms with van der Waals surface area (Å²) in [5.74, 6) is 8.22. The van der Waals surface area contributed by atoms with E-state index in [2.05, 4.69) is 27.7 Å². The molecule has 0 radical (unpaired) electrons. The number of allylic oxidation sites excluding steroid dienone is 1. The number of fused-ring (bicyclic) bond motifs is 3. The van der Waals surface area contributed by atoms with Crippen molar-refractivity contribution in [3.8, 4) is 0 Å². The molecular formula is C31H41N7O2S. The second kappa shape index (κ2) is 13.0. The molecule has 1 aromatic carbocycles. The van der Waals surface area contributed by atoms with Crippen LogP contribution in [0.25, 0.3) is 27.8 Å². The first-order chi connectivity index (χ1) is 19.8. The Hall–Kier alpha value is -3.47. The maximum absolute atomic E-state index is 12.2. The number of hydrogen-bond acceptors (Lipinski definition) is 8. The monoisotopic (exact) mass is 575 g/mol. The fourth-order valence-corrected chi connectivity index (χ4v) is 6.82. The molecule has 0 aliphatic carbocycles. The van der Waals surface area contributed by atoms with Crippen LogP contribution in [-0.4, -0.2) is 68.1 Å². The molecule has 2 aliphatic rings. The van der Waals surface area contributed by atoms with Crippen molar-refractivity contribution in [3.05, 3.63) is 72.1 Å². The summed E-state index contributed by atoms with van der Waals surface area (Å²) in [6, 6.07) is 18.3. The van der Waals surface area contributed by atoms with Crippen LogP contribution in [0.2, 0.25) is 0 Å². The molecule has 4 aromatic rings. The lowest BCUT2D eigenvalue weighted by Crippen LogP contribution is -2.43. The maximum atomic E-state index is 12.2. The van der Waals surface area contributed by atoms with E-state index in [1.165, 1.54) is 0 Å². The second-order valence-electron chi connectivity index (χ2n) is 10.9. The quantitative estimate of drug-likeness (QED) is 0.270. The second-order valence-corrected chi connectivity index (χ2v) is 12.9. The zero-order chi connectivity index (χ0) is 28.9. The SMILES string of the molecule is C/C(N)=C(\c1cnc2c3ccc(N4CCS(=O)C(C)C4)nc3n(CC3CCOCC3)c2c1)N(C)N.c1ccccc1. The Balaban J connectivity index is 0.000000500. The summed E-state index contributed by atoms with van der Waals surface area (Å²) in [5.41, 5.74) is 11.3. The van der Waals surface area contributed by atoms with Crippen molar-refractivity contribution in [2.24, 2.45) is 17.5 Å². The first-order valence-corrected chi connectivity index (χ1v) is 15.7. The lowest BCUT2D eigenvalue weighted by atomic mass is 10.0. The molecule has 10 heteroatoms. The summed E-state index contributed by atoms with van der Waals surface area (Å²) < 4.78 is 20.1. The van der Waals surface area contributed by atoms with Crippen LogP contribution in [0.1, 0.15) is 32.3 Å². The summed E-state index contributed by atoms with van der Waals surface area (Å²) in [4.78, 5) is 12.3. The highest BCUT2D eigenvalue weighted by atomic mass is 32.2. The highest BCUT2D eigenvalue weighted by Crippen LogP contribution is 2.33. The minimum absolute atomic E-state index is 0.136. The summed E-state index contributed by atoms with van der Waals surface area (Å²) in [6.45, 7) is 7.85. The molecule has 2 aliphatic heterocycles. The van der Waals surface area contributed by atoms with Crippen LogP contribution in [-0.2, 0) is 22.1 Å². The maximum Gasteiger partial charge on any atom is 0.145 e. The Kier molecular flexibility index (Phi) is 9.22. The number of aromatic nitrogens is 3. The zero-order valence-electron chi connectivity index (χ0n) is 24.2. The van der Waals surface area contributed by atoms with E-state index in [4.69, 9.17) is 26.3 Å². The molecule has 0 amide bonds. The van der Waals surface area contributed by atoms with Gasteiger partial charge in [0.05, 0.1) is 16.7 Å². The van der Waals surface area contributed by atoms with Gasteiger partial charge in [-0.2, -0.15) is 0 Å². The third-order valence-corrected chi connectivity index (χ3v) is 9.42. The molecule has 218 valence electrons. The van der Waals surface area contributed by atoms with E-state index in [1.54, 1.807) is 12.1 Å². The van der Waals surface area contributed by atoms with Gasteiger partial charge in [-0.1, -0.05) is 36.4 Å². The van der Waals surface area contributed by atoms with Gasteiger partial charge in [-0.3, -0.25) is 9.19 Å². The van der Waals surface area contributed by atoms with Gasteiger partial charge in [0.15, 0.2) is 0 Å². The van der Waals surface area contributed by atoms with Gasteiger partial charge in [-0.15, -0.1) is 0 Å². The highest BCUT2D eigenvalue weighted by molar-refractivity contribution is 7.85. The number of pyridine rings is 2. The van der Waals surface area contributed by atoms with E-state index in [0.717, 1.165) is 84.8 Å². The van der Waals surface area contributed by atoms with Crippen molar-refractivity contribution < 1.29 is 8.95 Å². The molecule has 0 saturated carbocycles. The van der Waals surface area contributed by atoms with Crippen molar-refractivity contribution in [2.45, 2.75) is 38.5 Å². The Bertz CT molecular complexity index is 1500. The molecule has 6 rings (SSSR count). The molecule has 2 saturated heterocycles. The van der Waals surface area contributed by atoms with Crippen LogP contribution >= 0.6 is 0 Å². The lowest BCUT2D eigenvalue weighted by Gasteiger charge is -2.31. The Morgan fingerprint density at radius 1 is 1.15 bits per heavy atom. The van der Waals surface area contributed by atoms with E-state index < -0.39 is 10.8 Å². The molecule has 9 nitrogen and oxygen atoms in total. The number of benzene rings is 1. The fraction of sp³-hybridized carbons (Fsp3) is 0.419. The first-order valence-electron chi connectivity index (χ1n) is 14.3. The predicted molar refractivity (Wildman–Crippen MR) is 168 cm³/mol. The number of hydrogen-bond donors (Lipinski definition) is 2. The normalized spacial score (nSPS) is 20.4. The fourth-order valence-electron chi connectivity index (χ4n) is 5.68. The van der Waals surface area contributed by atoms with Gasteiger partial charge >= 0.3 is 0 Å². The Morgan fingerprint density at radius 3 is 2.44 bits per heavy atom. The number of hydrazine groups is 1. The standard InChI is InChI=1S/C25H35N7O2S.C6H6/c1-16-14-31(8-11-35(16)33)22-5-4-20-23-21(12-19(13-28-23)24(17(2)26)30(3)27)32(25(20)29-22)15-18-6-9-34-10-7-18;1-2-4-6-5-3-1/h4-5,12-13,16,18H,6-11,14-15,26-27H2,1-3H3;1-6H/b24-17-;. The summed E-state index contributed by atoms with van der Waals surface area (Å²) >= 11 is 0. The van der Waals surface area contributed by atoms with Crippen molar-refractivity contribution in [3.63, 3.8) is 0 Å². The van der Waals surface area contributed by atoms with Crippen molar-refractivity contribution >= 4 is 44.4 Å². The molecule has 2 atom stereocenters. The lowest BCUT2D eigenvalue weighted by molar-refractivity contribution is 0.0619. The van der Waals surface area contributed by atoms with Gasteiger partial charge in [-0.25, -0.2) is 10.8 Å². The van der Waals surface area contributed by atoms with E-state index in [0.29, 0.717) is 17.4 Å². The van der Waals surface area contributed by atoms with Crippen LogP contribution in [0, 0.1) is 5.92 Å². The van der Waals surface area contributed by atoms with Gasteiger partial charge in [0.2, 0.25) is 0 Å².